The van der Waals surface area contributed by atoms with Gasteiger partial charge in [0.05, 0.1) is 0 Å². The van der Waals surface area contributed by atoms with Crippen LogP contribution in [0.15, 0.2) is 78.9 Å². The summed E-state index contributed by atoms with van der Waals surface area (Å²) < 4.78 is 6.15. The average molecular weight is 527 g/mol. The van der Waals surface area contributed by atoms with Crippen molar-refractivity contribution >= 4 is 11.8 Å². The second-order valence-corrected chi connectivity index (χ2v) is 11.7. The SMILES string of the molecule is Cc1ccc(CN(C(=O)COc2ccccc2C(C)(C)C)[C@@H](Cc2ccccc2)C(=O)NC2CCCC2)cc1. The molecule has 5 nitrogen and oxygen atoms in total. The van der Waals surface area contributed by atoms with Crippen molar-refractivity contribution in [1.29, 1.82) is 0 Å². The molecular formula is C34H42N2O3. The largest absolute Gasteiger partial charge is 0.483 e. The number of carbonyl (C=O) groups excluding carboxylic acids is 2. The van der Waals surface area contributed by atoms with E-state index in [1.54, 1.807) is 4.90 Å². The van der Waals surface area contributed by atoms with Crippen LogP contribution in [0.5, 0.6) is 5.75 Å². The Bertz CT molecular complexity index is 1230. The monoisotopic (exact) mass is 526 g/mol. The summed E-state index contributed by atoms with van der Waals surface area (Å²) in [6.45, 7) is 8.62. The van der Waals surface area contributed by atoms with Crippen LogP contribution in [-0.2, 0) is 28.0 Å². The molecule has 0 unspecified atom stereocenters. The van der Waals surface area contributed by atoms with Gasteiger partial charge in [-0.3, -0.25) is 9.59 Å². The van der Waals surface area contributed by atoms with Crippen molar-refractivity contribution in [3.8, 4) is 5.75 Å². The molecule has 1 aliphatic carbocycles. The fourth-order valence-electron chi connectivity index (χ4n) is 5.25. The molecule has 3 aromatic rings. The van der Waals surface area contributed by atoms with Gasteiger partial charge in [-0.15, -0.1) is 0 Å². The molecule has 206 valence electrons. The Morgan fingerprint density at radius 3 is 2.21 bits per heavy atom. The maximum atomic E-state index is 13.9. The lowest BCUT2D eigenvalue weighted by atomic mass is 9.86. The van der Waals surface area contributed by atoms with E-state index in [0.29, 0.717) is 18.7 Å². The molecule has 0 heterocycles. The summed E-state index contributed by atoms with van der Waals surface area (Å²) in [5.41, 5.74) is 4.07. The lowest BCUT2D eigenvalue weighted by Crippen LogP contribution is -2.53. The third-order valence-electron chi connectivity index (χ3n) is 7.49. The molecule has 3 aromatic carbocycles. The van der Waals surface area contributed by atoms with E-state index in [1.165, 1.54) is 0 Å². The molecule has 0 saturated heterocycles. The van der Waals surface area contributed by atoms with Crippen molar-refractivity contribution in [2.24, 2.45) is 0 Å². The number of amides is 2. The molecule has 0 bridgehead atoms. The Morgan fingerprint density at radius 1 is 0.897 bits per heavy atom. The van der Waals surface area contributed by atoms with Crippen LogP contribution in [0.2, 0.25) is 0 Å². The summed E-state index contributed by atoms with van der Waals surface area (Å²) in [6, 6.07) is 25.5. The molecule has 4 rings (SSSR count). The lowest BCUT2D eigenvalue weighted by molar-refractivity contribution is -0.143. The van der Waals surface area contributed by atoms with Gasteiger partial charge in [0.1, 0.15) is 11.8 Å². The quantitative estimate of drug-likeness (QED) is 0.334. The van der Waals surface area contributed by atoms with Gasteiger partial charge in [0.15, 0.2) is 6.61 Å². The van der Waals surface area contributed by atoms with Gasteiger partial charge in [0.25, 0.3) is 5.91 Å². The van der Waals surface area contributed by atoms with Crippen molar-refractivity contribution in [1.82, 2.24) is 10.2 Å². The molecule has 0 radical (unpaired) electrons. The van der Waals surface area contributed by atoms with Crippen LogP contribution < -0.4 is 10.1 Å². The second-order valence-electron chi connectivity index (χ2n) is 11.7. The molecule has 1 fully saturated rings. The van der Waals surface area contributed by atoms with Gasteiger partial charge in [-0.1, -0.05) is 112 Å². The van der Waals surface area contributed by atoms with Gasteiger partial charge >= 0.3 is 0 Å². The maximum absolute atomic E-state index is 13.9. The van der Waals surface area contributed by atoms with Crippen LogP contribution in [0, 0.1) is 6.92 Å². The van der Waals surface area contributed by atoms with E-state index in [9.17, 15) is 9.59 Å². The highest BCUT2D eigenvalue weighted by atomic mass is 16.5. The first-order valence-corrected chi connectivity index (χ1v) is 14.1. The third kappa shape index (κ3) is 7.95. The first-order valence-electron chi connectivity index (χ1n) is 14.1. The van der Waals surface area contributed by atoms with Crippen LogP contribution >= 0.6 is 0 Å². The molecule has 0 aromatic heterocycles. The number of para-hydroxylation sites is 1. The molecule has 1 saturated carbocycles. The van der Waals surface area contributed by atoms with Crippen molar-refractivity contribution in [2.45, 2.75) is 83.8 Å². The molecule has 0 spiro atoms. The van der Waals surface area contributed by atoms with E-state index in [0.717, 1.165) is 47.9 Å². The Kier molecular flexibility index (Phi) is 9.45. The van der Waals surface area contributed by atoms with Crippen molar-refractivity contribution in [2.75, 3.05) is 6.61 Å². The van der Waals surface area contributed by atoms with Crippen LogP contribution in [-0.4, -0.2) is 35.4 Å². The highest BCUT2D eigenvalue weighted by Gasteiger charge is 2.32. The summed E-state index contributed by atoms with van der Waals surface area (Å²) in [7, 11) is 0. The number of hydrogen-bond acceptors (Lipinski definition) is 3. The molecule has 2 amide bonds. The number of nitrogens with zero attached hydrogens (tertiary/aromatic N) is 1. The molecule has 0 aliphatic heterocycles. The normalized spacial score (nSPS) is 14.6. The van der Waals surface area contributed by atoms with Crippen LogP contribution in [0.3, 0.4) is 0 Å². The number of carbonyl (C=O) groups is 2. The van der Waals surface area contributed by atoms with Gasteiger partial charge in [0, 0.05) is 19.0 Å². The summed E-state index contributed by atoms with van der Waals surface area (Å²) in [5, 5.41) is 3.26. The zero-order valence-corrected chi connectivity index (χ0v) is 23.8. The molecule has 5 heteroatoms. The van der Waals surface area contributed by atoms with E-state index in [-0.39, 0.29) is 29.9 Å². The number of aryl methyl sites for hydroxylation is 1. The van der Waals surface area contributed by atoms with E-state index >= 15 is 0 Å². The topological polar surface area (TPSA) is 58.6 Å². The lowest BCUT2D eigenvalue weighted by Gasteiger charge is -2.32. The van der Waals surface area contributed by atoms with E-state index in [1.807, 2.05) is 85.8 Å². The predicted octanol–water partition coefficient (Wildman–Crippen LogP) is 6.37. The van der Waals surface area contributed by atoms with Crippen molar-refractivity contribution < 1.29 is 14.3 Å². The standard InChI is InChI=1S/C34H42N2O3/c1-25-18-20-27(21-19-25)23-36(32(37)24-39-31-17-11-10-16-29(31)34(2,3)4)30(22-26-12-6-5-7-13-26)33(38)35-28-14-8-9-15-28/h5-7,10-13,16-21,28,30H,8-9,14-15,22-24H2,1-4H3,(H,35,38)/t30-/m0/s1. The minimum Gasteiger partial charge on any atom is -0.483 e. The summed E-state index contributed by atoms with van der Waals surface area (Å²) in [6.07, 6.45) is 4.67. The molecule has 1 N–H and O–H groups in total. The van der Waals surface area contributed by atoms with Gasteiger partial charge in [0.2, 0.25) is 5.91 Å². The minimum absolute atomic E-state index is 0.0960. The number of rotatable bonds is 10. The number of nitrogens with one attached hydrogen (secondary N) is 1. The zero-order valence-electron chi connectivity index (χ0n) is 23.8. The minimum atomic E-state index is -0.650. The number of benzene rings is 3. The van der Waals surface area contributed by atoms with Crippen LogP contribution in [0.1, 0.15) is 68.7 Å². The van der Waals surface area contributed by atoms with Crippen molar-refractivity contribution in [3.63, 3.8) is 0 Å². The first kappa shape index (κ1) is 28.4. The maximum Gasteiger partial charge on any atom is 0.261 e. The summed E-state index contributed by atoms with van der Waals surface area (Å²) >= 11 is 0. The fourth-order valence-corrected chi connectivity index (χ4v) is 5.25. The average Bonchev–Trinajstić information content (AvgIpc) is 3.43. The number of hydrogen-bond donors (Lipinski definition) is 1. The van der Waals surface area contributed by atoms with E-state index in [4.69, 9.17) is 4.74 Å². The summed E-state index contributed by atoms with van der Waals surface area (Å²) in [5.74, 6) is 0.395. The smallest absolute Gasteiger partial charge is 0.261 e. The highest BCUT2D eigenvalue weighted by molar-refractivity contribution is 5.88. The predicted molar refractivity (Wildman–Crippen MR) is 157 cm³/mol. The Labute approximate surface area is 233 Å². The van der Waals surface area contributed by atoms with Gasteiger partial charge in [-0.2, -0.15) is 0 Å². The molecular weight excluding hydrogens is 484 g/mol. The van der Waals surface area contributed by atoms with Gasteiger partial charge in [-0.05, 0) is 47.9 Å². The molecule has 1 aliphatic rings. The first-order chi connectivity index (χ1) is 18.7. The third-order valence-corrected chi connectivity index (χ3v) is 7.49. The Hall–Kier alpha value is -3.60. The van der Waals surface area contributed by atoms with E-state index < -0.39 is 6.04 Å². The molecule has 39 heavy (non-hydrogen) atoms. The van der Waals surface area contributed by atoms with Crippen molar-refractivity contribution in [3.05, 3.63) is 101 Å². The Morgan fingerprint density at radius 2 is 1.54 bits per heavy atom. The second kappa shape index (κ2) is 13.0. The summed E-state index contributed by atoms with van der Waals surface area (Å²) in [4.78, 5) is 29.5. The highest BCUT2D eigenvalue weighted by Crippen LogP contribution is 2.31. The van der Waals surface area contributed by atoms with Crippen LogP contribution in [0.25, 0.3) is 0 Å². The Balaban J connectivity index is 1.63. The fraction of sp³-hybridized carbons (Fsp3) is 0.412. The van der Waals surface area contributed by atoms with Crippen LogP contribution in [0.4, 0.5) is 0 Å². The van der Waals surface area contributed by atoms with Gasteiger partial charge in [-0.25, -0.2) is 0 Å². The zero-order chi connectivity index (χ0) is 27.8. The van der Waals surface area contributed by atoms with E-state index in [2.05, 4.69) is 26.1 Å². The number of ether oxygens (including phenoxy) is 1. The molecule has 1 atom stereocenters. The van der Waals surface area contributed by atoms with Gasteiger partial charge < -0.3 is 15.0 Å².